The summed E-state index contributed by atoms with van der Waals surface area (Å²) in [6.45, 7) is 4.10. The number of aromatic nitrogens is 2. The Bertz CT molecular complexity index is 1440. The standard InChI is InChI=1S/C28H29N4O3P/c1-3-34-36(33,35-4-2)31-22-14-11-20(12-15-22)28-25(19-29)24-16-13-21(26-10-5-6-17-30-26)18-27(24)32(28)23-8-7-9-23/h5-6,10-18,23H,3-4,7-9H2,1-2H3,(H,31,33). The van der Waals surface area contributed by atoms with Crippen molar-refractivity contribution in [3.63, 3.8) is 0 Å². The van der Waals surface area contributed by atoms with Gasteiger partial charge >= 0.3 is 7.75 Å². The lowest BCUT2D eigenvalue weighted by molar-refractivity contribution is 0.225. The highest BCUT2D eigenvalue weighted by atomic mass is 31.2. The average molecular weight is 501 g/mol. The fourth-order valence-electron chi connectivity index (χ4n) is 4.73. The van der Waals surface area contributed by atoms with Crippen molar-refractivity contribution >= 4 is 24.3 Å². The zero-order valence-corrected chi connectivity index (χ0v) is 21.4. The summed E-state index contributed by atoms with van der Waals surface area (Å²) in [4.78, 5) is 4.51. The molecule has 1 saturated carbocycles. The molecular weight excluding hydrogens is 471 g/mol. The van der Waals surface area contributed by atoms with Gasteiger partial charge in [-0.1, -0.05) is 30.3 Å². The first-order valence-electron chi connectivity index (χ1n) is 12.3. The quantitative estimate of drug-likeness (QED) is 0.239. The number of pyridine rings is 1. The van der Waals surface area contributed by atoms with E-state index in [1.54, 1.807) is 20.0 Å². The van der Waals surface area contributed by atoms with Crippen LogP contribution in [-0.4, -0.2) is 22.8 Å². The molecule has 4 aromatic rings. The Labute approximate surface area is 211 Å². The fourth-order valence-corrected chi connectivity index (χ4v) is 6.08. The third-order valence-electron chi connectivity index (χ3n) is 6.54. The number of hydrogen-bond acceptors (Lipinski definition) is 5. The largest absolute Gasteiger partial charge is 0.432 e. The van der Waals surface area contributed by atoms with Gasteiger partial charge in [0.1, 0.15) is 6.07 Å². The molecule has 184 valence electrons. The Hall–Kier alpha value is -3.43. The van der Waals surface area contributed by atoms with Gasteiger partial charge < -0.3 is 4.57 Å². The van der Waals surface area contributed by atoms with E-state index < -0.39 is 7.75 Å². The predicted octanol–water partition coefficient (Wildman–Crippen LogP) is 7.56. The minimum absolute atomic E-state index is 0.274. The first-order chi connectivity index (χ1) is 17.6. The van der Waals surface area contributed by atoms with E-state index in [4.69, 9.17) is 9.05 Å². The van der Waals surface area contributed by atoms with E-state index in [0.717, 1.165) is 46.3 Å². The van der Waals surface area contributed by atoms with Crippen molar-refractivity contribution in [3.05, 3.63) is 72.4 Å². The average Bonchev–Trinajstić information content (AvgIpc) is 3.17. The Kier molecular flexibility index (Phi) is 6.93. The van der Waals surface area contributed by atoms with Crippen LogP contribution in [-0.2, 0) is 13.6 Å². The van der Waals surface area contributed by atoms with Crippen LogP contribution in [0.1, 0.15) is 44.7 Å². The van der Waals surface area contributed by atoms with Crippen LogP contribution in [0.5, 0.6) is 0 Å². The van der Waals surface area contributed by atoms with E-state index in [9.17, 15) is 9.83 Å². The number of rotatable bonds is 9. The number of nitrogens with one attached hydrogen (secondary N) is 1. The molecule has 0 spiro atoms. The van der Waals surface area contributed by atoms with Crippen molar-refractivity contribution in [1.82, 2.24) is 9.55 Å². The van der Waals surface area contributed by atoms with Crippen LogP contribution in [0.15, 0.2) is 66.9 Å². The van der Waals surface area contributed by atoms with Crippen molar-refractivity contribution in [2.75, 3.05) is 18.3 Å². The number of nitrogens with zero attached hydrogens (tertiary/aromatic N) is 3. The molecule has 8 heteroatoms. The molecule has 7 nitrogen and oxygen atoms in total. The topological polar surface area (TPSA) is 89.2 Å². The lowest BCUT2D eigenvalue weighted by Gasteiger charge is -2.30. The van der Waals surface area contributed by atoms with Gasteiger partial charge in [-0.2, -0.15) is 5.26 Å². The van der Waals surface area contributed by atoms with Crippen molar-refractivity contribution < 1.29 is 13.6 Å². The van der Waals surface area contributed by atoms with Gasteiger partial charge in [0.2, 0.25) is 0 Å². The zero-order chi connectivity index (χ0) is 25.1. The molecule has 0 aliphatic heterocycles. The van der Waals surface area contributed by atoms with E-state index >= 15 is 0 Å². The number of anilines is 1. The maximum Gasteiger partial charge on any atom is 0.432 e. The van der Waals surface area contributed by atoms with E-state index in [1.165, 1.54) is 6.42 Å². The molecule has 0 unspecified atom stereocenters. The van der Waals surface area contributed by atoms with Gasteiger partial charge in [0.15, 0.2) is 0 Å². The molecule has 5 rings (SSSR count). The summed E-state index contributed by atoms with van der Waals surface area (Å²) in [5.41, 5.74) is 6.13. The van der Waals surface area contributed by atoms with Gasteiger partial charge in [-0.3, -0.25) is 19.1 Å². The molecule has 1 aliphatic rings. The summed E-state index contributed by atoms with van der Waals surface area (Å²) in [5, 5.41) is 14.1. The van der Waals surface area contributed by atoms with E-state index in [2.05, 4.69) is 26.8 Å². The molecule has 2 heterocycles. The maximum atomic E-state index is 12.9. The summed E-state index contributed by atoms with van der Waals surface area (Å²) in [7, 11) is -3.44. The first kappa shape index (κ1) is 24.3. The highest BCUT2D eigenvalue weighted by Crippen LogP contribution is 2.48. The molecule has 0 bridgehead atoms. The summed E-state index contributed by atoms with van der Waals surface area (Å²) >= 11 is 0. The van der Waals surface area contributed by atoms with Gasteiger partial charge in [-0.15, -0.1) is 0 Å². The second kappa shape index (κ2) is 10.3. The fraction of sp³-hybridized carbons (Fsp3) is 0.286. The highest BCUT2D eigenvalue weighted by Gasteiger charge is 2.28. The molecule has 2 aromatic carbocycles. The molecule has 0 saturated heterocycles. The van der Waals surface area contributed by atoms with Crippen LogP contribution in [0, 0.1) is 11.3 Å². The van der Waals surface area contributed by atoms with Crippen LogP contribution in [0.2, 0.25) is 0 Å². The van der Waals surface area contributed by atoms with Crippen molar-refractivity contribution in [3.8, 4) is 28.6 Å². The number of nitriles is 1. The smallest absolute Gasteiger partial charge is 0.336 e. The zero-order valence-electron chi connectivity index (χ0n) is 20.5. The molecular formula is C28H29N4O3P. The molecule has 1 aliphatic carbocycles. The third-order valence-corrected chi connectivity index (χ3v) is 8.27. The Morgan fingerprint density at radius 3 is 2.36 bits per heavy atom. The van der Waals surface area contributed by atoms with Crippen molar-refractivity contribution in [1.29, 1.82) is 5.26 Å². The van der Waals surface area contributed by atoms with E-state index in [0.29, 0.717) is 17.3 Å². The Morgan fingerprint density at radius 1 is 1.06 bits per heavy atom. The maximum absolute atomic E-state index is 12.9. The molecule has 1 fully saturated rings. The van der Waals surface area contributed by atoms with Crippen LogP contribution >= 0.6 is 7.75 Å². The van der Waals surface area contributed by atoms with Gasteiger partial charge in [-0.05, 0) is 69.0 Å². The minimum Gasteiger partial charge on any atom is -0.336 e. The normalized spacial score (nSPS) is 13.9. The Morgan fingerprint density at radius 2 is 1.78 bits per heavy atom. The lowest BCUT2D eigenvalue weighted by Crippen LogP contribution is -2.17. The SMILES string of the molecule is CCOP(=O)(Nc1ccc(-c2c(C#N)c3ccc(-c4ccccn4)cc3n2C2CCC2)cc1)OCC. The van der Waals surface area contributed by atoms with Gasteiger partial charge in [0.25, 0.3) is 0 Å². The summed E-state index contributed by atoms with van der Waals surface area (Å²) in [6.07, 6.45) is 5.14. The predicted molar refractivity (Wildman–Crippen MR) is 143 cm³/mol. The van der Waals surface area contributed by atoms with Crippen LogP contribution < -0.4 is 5.09 Å². The van der Waals surface area contributed by atoms with Crippen molar-refractivity contribution in [2.45, 2.75) is 39.2 Å². The summed E-state index contributed by atoms with van der Waals surface area (Å²) in [5.74, 6) is 0. The van der Waals surface area contributed by atoms with Crippen LogP contribution in [0.4, 0.5) is 5.69 Å². The molecule has 0 atom stereocenters. The molecule has 1 N–H and O–H groups in total. The van der Waals surface area contributed by atoms with Gasteiger partial charge in [0, 0.05) is 28.9 Å². The lowest BCUT2D eigenvalue weighted by atomic mass is 9.92. The van der Waals surface area contributed by atoms with E-state index in [-0.39, 0.29) is 13.2 Å². The number of benzene rings is 2. The second-order valence-corrected chi connectivity index (χ2v) is 10.5. The van der Waals surface area contributed by atoms with Gasteiger partial charge in [0.05, 0.1) is 35.7 Å². The minimum atomic E-state index is -3.44. The van der Waals surface area contributed by atoms with Crippen LogP contribution in [0.3, 0.4) is 0 Å². The molecule has 0 radical (unpaired) electrons. The number of fused-ring (bicyclic) bond motifs is 1. The van der Waals surface area contributed by atoms with Crippen molar-refractivity contribution in [2.24, 2.45) is 0 Å². The molecule has 2 aromatic heterocycles. The first-order valence-corrected chi connectivity index (χ1v) is 13.9. The number of hydrogen-bond donors (Lipinski definition) is 1. The van der Waals surface area contributed by atoms with Crippen LogP contribution in [0.25, 0.3) is 33.4 Å². The summed E-state index contributed by atoms with van der Waals surface area (Å²) in [6, 6.07) is 22.5. The van der Waals surface area contributed by atoms with Gasteiger partial charge in [-0.25, -0.2) is 4.57 Å². The molecule has 0 amide bonds. The second-order valence-electron chi connectivity index (χ2n) is 8.76. The molecule has 36 heavy (non-hydrogen) atoms. The summed E-state index contributed by atoms with van der Waals surface area (Å²) < 4.78 is 25.9. The third kappa shape index (κ3) is 4.56. The Balaban J connectivity index is 1.60. The van der Waals surface area contributed by atoms with E-state index in [1.807, 2.05) is 54.6 Å². The highest BCUT2D eigenvalue weighted by molar-refractivity contribution is 7.55. The monoisotopic (exact) mass is 500 g/mol.